The Labute approximate surface area is 118 Å². The molecule has 106 valence electrons. The van der Waals surface area contributed by atoms with Crippen molar-refractivity contribution in [1.82, 2.24) is 25.1 Å². The zero-order chi connectivity index (χ0) is 14.5. The second-order valence-electron chi connectivity index (χ2n) is 4.80. The molecule has 0 fully saturated rings. The van der Waals surface area contributed by atoms with Crippen molar-refractivity contribution in [2.24, 2.45) is 0 Å². The molecule has 20 heavy (non-hydrogen) atoms. The molecule has 1 amide bonds. The first-order valence-electron chi connectivity index (χ1n) is 6.64. The fourth-order valence-electron chi connectivity index (χ4n) is 1.93. The Morgan fingerprint density at radius 2 is 2.00 bits per heavy atom. The maximum Gasteiger partial charge on any atom is 0.271 e. The summed E-state index contributed by atoms with van der Waals surface area (Å²) in [6.07, 6.45) is 3.91. The van der Waals surface area contributed by atoms with Crippen LogP contribution in [0, 0.1) is 20.8 Å². The molecule has 2 aromatic rings. The number of carbonyl (C=O) groups excluding carboxylic acids is 1. The lowest BCUT2D eigenvalue weighted by atomic mass is 10.3. The van der Waals surface area contributed by atoms with Gasteiger partial charge in [-0.3, -0.25) is 14.5 Å². The molecule has 0 radical (unpaired) electrons. The second-order valence-corrected chi connectivity index (χ2v) is 4.80. The third-order valence-electron chi connectivity index (χ3n) is 2.95. The Bertz CT molecular complexity index is 588. The van der Waals surface area contributed by atoms with Crippen LogP contribution in [0.2, 0.25) is 0 Å². The second kappa shape index (κ2) is 6.27. The maximum absolute atomic E-state index is 11.8. The molecule has 0 saturated carbocycles. The normalized spacial score (nSPS) is 10.6. The lowest BCUT2D eigenvalue weighted by Gasteiger charge is -2.06. The Hall–Kier alpha value is -2.24. The molecule has 1 N–H and O–H groups in total. The van der Waals surface area contributed by atoms with Crippen LogP contribution in [0.15, 0.2) is 18.5 Å². The fraction of sp³-hybridized carbons (Fsp3) is 0.429. The molecule has 0 aromatic carbocycles. The third kappa shape index (κ3) is 3.63. The molecule has 0 spiro atoms. The molecular weight excluding hydrogens is 254 g/mol. The van der Waals surface area contributed by atoms with Crippen LogP contribution in [0.25, 0.3) is 0 Å². The highest BCUT2D eigenvalue weighted by atomic mass is 16.1. The number of nitrogens with zero attached hydrogens (tertiary/aromatic N) is 4. The van der Waals surface area contributed by atoms with Crippen LogP contribution >= 0.6 is 0 Å². The van der Waals surface area contributed by atoms with E-state index in [2.05, 4.69) is 20.4 Å². The lowest BCUT2D eigenvalue weighted by Crippen LogP contribution is -2.26. The van der Waals surface area contributed by atoms with E-state index in [4.69, 9.17) is 0 Å². The van der Waals surface area contributed by atoms with Crippen molar-refractivity contribution in [1.29, 1.82) is 0 Å². The number of aryl methyl sites for hydroxylation is 4. The number of nitrogens with one attached hydrogen (secondary N) is 1. The van der Waals surface area contributed by atoms with Crippen molar-refractivity contribution in [2.45, 2.75) is 33.7 Å². The predicted molar refractivity (Wildman–Crippen MR) is 75.4 cm³/mol. The molecule has 0 aliphatic heterocycles. The van der Waals surface area contributed by atoms with Gasteiger partial charge in [-0.1, -0.05) is 0 Å². The van der Waals surface area contributed by atoms with E-state index in [0.29, 0.717) is 12.2 Å². The molecule has 6 heteroatoms. The first-order chi connectivity index (χ1) is 9.56. The number of hydrogen-bond donors (Lipinski definition) is 1. The van der Waals surface area contributed by atoms with E-state index in [1.165, 1.54) is 6.20 Å². The zero-order valence-electron chi connectivity index (χ0n) is 12.1. The van der Waals surface area contributed by atoms with Gasteiger partial charge in [-0.25, -0.2) is 4.98 Å². The Morgan fingerprint density at radius 1 is 1.20 bits per heavy atom. The highest BCUT2D eigenvalue weighted by Gasteiger charge is 2.06. The number of hydrogen-bond acceptors (Lipinski definition) is 4. The summed E-state index contributed by atoms with van der Waals surface area (Å²) in [4.78, 5) is 19.9. The largest absolute Gasteiger partial charge is 0.351 e. The summed E-state index contributed by atoms with van der Waals surface area (Å²) in [6, 6.07) is 2.04. The topological polar surface area (TPSA) is 72.7 Å². The molecule has 2 aromatic heterocycles. The quantitative estimate of drug-likeness (QED) is 0.836. The van der Waals surface area contributed by atoms with Gasteiger partial charge in [0.05, 0.1) is 17.6 Å². The van der Waals surface area contributed by atoms with Crippen molar-refractivity contribution in [3.05, 3.63) is 41.2 Å². The average molecular weight is 273 g/mol. The van der Waals surface area contributed by atoms with Gasteiger partial charge < -0.3 is 5.32 Å². The number of aromatic nitrogens is 4. The standard InChI is InChI=1S/C14H19N5O/c1-10-7-12(3)19(18-10)6-4-5-15-14(20)13-9-16-11(2)8-17-13/h7-9H,4-6H2,1-3H3,(H,15,20). The fourth-order valence-corrected chi connectivity index (χ4v) is 1.93. The summed E-state index contributed by atoms with van der Waals surface area (Å²) in [5.74, 6) is -0.189. The highest BCUT2D eigenvalue weighted by Crippen LogP contribution is 2.02. The number of amides is 1. The first-order valence-corrected chi connectivity index (χ1v) is 6.64. The molecule has 0 aliphatic rings. The summed E-state index contributed by atoms with van der Waals surface area (Å²) >= 11 is 0. The smallest absolute Gasteiger partial charge is 0.271 e. The minimum absolute atomic E-state index is 0.189. The van der Waals surface area contributed by atoms with Crippen molar-refractivity contribution < 1.29 is 4.79 Å². The van der Waals surface area contributed by atoms with Crippen LogP contribution in [0.3, 0.4) is 0 Å². The van der Waals surface area contributed by atoms with Gasteiger partial charge in [0.1, 0.15) is 5.69 Å². The molecule has 0 atom stereocenters. The van der Waals surface area contributed by atoms with E-state index >= 15 is 0 Å². The summed E-state index contributed by atoms with van der Waals surface area (Å²) in [5.41, 5.74) is 3.30. The van der Waals surface area contributed by atoms with E-state index in [-0.39, 0.29) is 5.91 Å². The maximum atomic E-state index is 11.8. The molecule has 2 rings (SSSR count). The first kappa shape index (κ1) is 14.2. The van der Waals surface area contributed by atoms with E-state index < -0.39 is 0 Å². The van der Waals surface area contributed by atoms with Gasteiger partial charge in [0.2, 0.25) is 0 Å². The number of carbonyl (C=O) groups is 1. The van der Waals surface area contributed by atoms with Crippen LogP contribution in [0.5, 0.6) is 0 Å². The molecule has 6 nitrogen and oxygen atoms in total. The molecule has 0 bridgehead atoms. The minimum atomic E-state index is -0.189. The SMILES string of the molecule is Cc1cnc(C(=O)NCCCn2nc(C)cc2C)cn1. The molecule has 0 saturated heterocycles. The van der Waals surface area contributed by atoms with E-state index in [1.807, 2.05) is 31.5 Å². The zero-order valence-corrected chi connectivity index (χ0v) is 12.1. The van der Waals surface area contributed by atoms with Crippen molar-refractivity contribution >= 4 is 5.91 Å². The van der Waals surface area contributed by atoms with Crippen molar-refractivity contribution in [2.75, 3.05) is 6.54 Å². The molecular formula is C14H19N5O. The van der Waals surface area contributed by atoms with Gasteiger partial charge >= 0.3 is 0 Å². The Morgan fingerprint density at radius 3 is 2.60 bits per heavy atom. The minimum Gasteiger partial charge on any atom is -0.351 e. The Balaban J connectivity index is 1.77. The van der Waals surface area contributed by atoms with Gasteiger partial charge in [-0.2, -0.15) is 5.10 Å². The predicted octanol–water partition coefficient (Wildman–Crippen LogP) is 1.42. The van der Waals surface area contributed by atoms with Crippen LogP contribution in [-0.4, -0.2) is 32.2 Å². The molecule has 0 unspecified atom stereocenters. The van der Waals surface area contributed by atoms with Crippen molar-refractivity contribution in [3.8, 4) is 0 Å². The van der Waals surface area contributed by atoms with Crippen LogP contribution in [0.1, 0.15) is 34.0 Å². The molecule has 0 aliphatic carbocycles. The van der Waals surface area contributed by atoms with Crippen LogP contribution < -0.4 is 5.32 Å². The summed E-state index contributed by atoms with van der Waals surface area (Å²) in [7, 11) is 0. The van der Waals surface area contributed by atoms with Crippen LogP contribution in [-0.2, 0) is 6.54 Å². The van der Waals surface area contributed by atoms with Gasteiger partial charge in [0.15, 0.2) is 0 Å². The highest BCUT2D eigenvalue weighted by molar-refractivity contribution is 5.91. The summed E-state index contributed by atoms with van der Waals surface area (Å²) in [5, 5.41) is 7.21. The van der Waals surface area contributed by atoms with Gasteiger partial charge in [-0.05, 0) is 33.3 Å². The van der Waals surface area contributed by atoms with E-state index in [9.17, 15) is 4.79 Å². The van der Waals surface area contributed by atoms with Gasteiger partial charge in [-0.15, -0.1) is 0 Å². The van der Waals surface area contributed by atoms with E-state index in [0.717, 1.165) is 30.0 Å². The van der Waals surface area contributed by atoms with Crippen molar-refractivity contribution in [3.63, 3.8) is 0 Å². The van der Waals surface area contributed by atoms with E-state index in [1.54, 1.807) is 6.20 Å². The third-order valence-corrected chi connectivity index (χ3v) is 2.95. The van der Waals surface area contributed by atoms with Crippen LogP contribution in [0.4, 0.5) is 0 Å². The summed E-state index contributed by atoms with van der Waals surface area (Å²) < 4.78 is 1.95. The van der Waals surface area contributed by atoms with Gasteiger partial charge in [0.25, 0.3) is 5.91 Å². The average Bonchev–Trinajstić information content (AvgIpc) is 2.73. The van der Waals surface area contributed by atoms with Gasteiger partial charge in [0, 0.05) is 25.0 Å². The molecule has 2 heterocycles. The Kier molecular flexibility index (Phi) is 4.45. The monoisotopic (exact) mass is 273 g/mol. The lowest BCUT2D eigenvalue weighted by molar-refractivity contribution is 0.0947. The summed E-state index contributed by atoms with van der Waals surface area (Å²) in [6.45, 7) is 7.22. The number of rotatable bonds is 5.